The van der Waals surface area contributed by atoms with Crippen LogP contribution in [0.5, 0.6) is 0 Å². The van der Waals surface area contributed by atoms with E-state index >= 15 is 0 Å². The topological polar surface area (TPSA) is 26.0 Å². The largest absolute Gasteiger partial charge is 0.324 e. The van der Waals surface area contributed by atoms with Gasteiger partial charge in [-0.1, -0.05) is 38.0 Å². The summed E-state index contributed by atoms with van der Waals surface area (Å²) in [6.07, 6.45) is 7.35. The van der Waals surface area contributed by atoms with Crippen LogP contribution in [0.15, 0.2) is 18.2 Å². The van der Waals surface area contributed by atoms with Crippen molar-refractivity contribution in [2.24, 2.45) is 5.73 Å². The van der Waals surface area contributed by atoms with E-state index in [9.17, 15) is 0 Å². The maximum Gasteiger partial charge on any atom is 0.0297 e. The van der Waals surface area contributed by atoms with E-state index in [1.54, 1.807) is 0 Å². The lowest BCUT2D eigenvalue weighted by molar-refractivity contribution is 0.614. The molecular weight excluding hydrogens is 182 g/mol. The maximum absolute atomic E-state index is 6.21. The highest BCUT2D eigenvalue weighted by atomic mass is 14.6. The number of rotatable bonds is 2. The van der Waals surface area contributed by atoms with Crippen LogP contribution in [0.1, 0.15) is 55.3 Å². The standard InChI is InChI=1S/C14H21N/c1-2-5-11-8-9-12-6-3-4-7-14(15)13(12)10-11/h8-10,14H,2-7,15H2,1H3/t14-/m0/s1. The zero-order valence-corrected chi connectivity index (χ0v) is 9.63. The average Bonchev–Trinajstić information content (AvgIpc) is 2.42. The van der Waals surface area contributed by atoms with Crippen molar-refractivity contribution in [3.05, 3.63) is 34.9 Å². The van der Waals surface area contributed by atoms with Crippen molar-refractivity contribution >= 4 is 0 Å². The molecule has 0 bridgehead atoms. The summed E-state index contributed by atoms with van der Waals surface area (Å²) in [7, 11) is 0. The molecule has 0 fully saturated rings. The second-order valence-electron chi connectivity index (χ2n) is 4.64. The predicted molar refractivity (Wildman–Crippen MR) is 64.9 cm³/mol. The Labute approximate surface area is 92.7 Å². The van der Waals surface area contributed by atoms with Crippen molar-refractivity contribution in [3.8, 4) is 0 Å². The van der Waals surface area contributed by atoms with Crippen LogP contribution in [0.3, 0.4) is 0 Å². The molecule has 0 radical (unpaired) electrons. The molecule has 1 atom stereocenters. The molecule has 1 aliphatic carbocycles. The van der Waals surface area contributed by atoms with Crippen molar-refractivity contribution in [1.29, 1.82) is 0 Å². The molecule has 0 aliphatic heterocycles. The molecule has 2 rings (SSSR count). The van der Waals surface area contributed by atoms with Crippen molar-refractivity contribution in [2.75, 3.05) is 0 Å². The highest BCUT2D eigenvalue weighted by Crippen LogP contribution is 2.27. The fourth-order valence-electron chi connectivity index (χ4n) is 2.50. The third-order valence-electron chi connectivity index (χ3n) is 3.36. The first kappa shape index (κ1) is 10.7. The fraction of sp³-hybridized carbons (Fsp3) is 0.571. The van der Waals surface area contributed by atoms with Crippen LogP contribution >= 0.6 is 0 Å². The van der Waals surface area contributed by atoms with Gasteiger partial charge in [0.1, 0.15) is 0 Å². The van der Waals surface area contributed by atoms with Crippen LogP contribution in [-0.4, -0.2) is 0 Å². The average molecular weight is 203 g/mol. The number of benzene rings is 1. The summed E-state index contributed by atoms with van der Waals surface area (Å²) >= 11 is 0. The quantitative estimate of drug-likeness (QED) is 0.733. The first-order valence-corrected chi connectivity index (χ1v) is 6.18. The molecule has 0 heterocycles. The van der Waals surface area contributed by atoms with E-state index in [0.29, 0.717) is 0 Å². The van der Waals surface area contributed by atoms with Crippen LogP contribution in [0.2, 0.25) is 0 Å². The Bertz CT molecular complexity index is 330. The molecule has 0 saturated heterocycles. The summed E-state index contributed by atoms with van der Waals surface area (Å²) in [4.78, 5) is 0. The molecule has 82 valence electrons. The van der Waals surface area contributed by atoms with E-state index in [1.165, 1.54) is 48.8 Å². The first-order valence-electron chi connectivity index (χ1n) is 6.18. The minimum absolute atomic E-state index is 0.277. The minimum Gasteiger partial charge on any atom is -0.324 e. The number of nitrogens with two attached hydrogens (primary N) is 1. The zero-order valence-electron chi connectivity index (χ0n) is 9.63. The second kappa shape index (κ2) is 4.80. The lowest BCUT2D eigenvalue weighted by Gasteiger charge is -2.14. The van der Waals surface area contributed by atoms with E-state index in [-0.39, 0.29) is 6.04 Å². The lowest BCUT2D eigenvalue weighted by Crippen LogP contribution is -2.10. The number of aryl methyl sites for hydroxylation is 2. The Kier molecular flexibility index (Phi) is 3.42. The third kappa shape index (κ3) is 2.40. The third-order valence-corrected chi connectivity index (χ3v) is 3.36. The van der Waals surface area contributed by atoms with Crippen LogP contribution in [0, 0.1) is 0 Å². The van der Waals surface area contributed by atoms with Gasteiger partial charge < -0.3 is 5.73 Å². The zero-order chi connectivity index (χ0) is 10.7. The smallest absolute Gasteiger partial charge is 0.0297 e. The highest BCUT2D eigenvalue weighted by molar-refractivity contribution is 5.35. The summed E-state index contributed by atoms with van der Waals surface area (Å²) in [5, 5.41) is 0. The Morgan fingerprint density at radius 2 is 2.20 bits per heavy atom. The van der Waals surface area contributed by atoms with Crippen LogP contribution in [0.25, 0.3) is 0 Å². The van der Waals surface area contributed by atoms with Crippen LogP contribution in [-0.2, 0) is 12.8 Å². The van der Waals surface area contributed by atoms with Gasteiger partial charge in [0.15, 0.2) is 0 Å². The molecule has 1 heteroatoms. The Morgan fingerprint density at radius 1 is 1.33 bits per heavy atom. The Hall–Kier alpha value is -0.820. The van der Waals surface area contributed by atoms with Crippen molar-refractivity contribution in [1.82, 2.24) is 0 Å². The molecule has 15 heavy (non-hydrogen) atoms. The van der Waals surface area contributed by atoms with Crippen molar-refractivity contribution < 1.29 is 0 Å². The fourth-order valence-corrected chi connectivity index (χ4v) is 2.50. The second-order valence-corrected chi connectivity index (χ2v) is 4.64. The van der Waals surface area contributed by atoms with Gasteiger partial charge in [0.05, 0.1) is 0 Å². The van der Waals surface area contributed by atoms with Gasteiger partial charge >= 0.3 is 0 Å². The summed E-state index contributed by atoms with van der Waals surface area (Å²) < 4.78 is 0. The van der Waals surface area contributed by atoms with Gasteiger partial charge in [-0.25, -0.2) is 0 Å². The van der Waals surface area contributed by atoms with E-state index in [2.05, 4.69) is 25.1 Å². The number of hydrogen-bond acceptors (Lipinski definition) is 1. The summed E-state index contributed by atoms with van der Waals surface area (Å²) in [6, 6.07) is 7.19. The van der Waals surface area contributed by atoms with E-state index in [4.69, 9.17) is 5.73 Å². The molecule has 1 aromatic rings. The molecular formula is C14H21N. The Morgan fingerprint density at radius 3 is 3.00 bits per heavy atom. The van der Waals surface area contributed by atoms with Gasteiger partial charge in [0.2, 0.25) is 0 Å². The molecule has 1 aromatic carbocycles. The first-order chi connectivity index (χ1) is 7.31. The number of fused-ring (bicyclic) bond motifs is 1. The summed E-state index contributed by atoms with van der Waals surface area (Å²) in [5.74, 6) is 0. The summed E-state index contributed by atoms with van der Waals surface area (Å²) in [6.45, 7) is 2.23. The SMILES string of the molecule is CCCc1ccc2c(c1)[C@@H](N)CCCC2. The Balaban J connectivity index is 2.31. The molecule has 1 nitrogen and oxygen atoms in total. The van der Waals surface area contributed by atoms with Gasteiger partial charge in [-0.2, -0.15) is 0 Å². The highest BCUT2D eigenvalue weighted by Gasteiger charge is 2.15. The van der Waals surface area contributed by atoms with Crippen LogP contribution in [0.4, 0.5) is 0 Å². The predicted octanol–water partition coefficient (Wildman–Crippen LogP) is 3.37. The lowest BCUT2D eigenvalue weighted by atomic mass is 9.96. The van der Waals surface area contributed by atoms with E-state index in [1.807, 2.05) is 0 Å². The molecule has 1 aliphatic rings. The van der Waals surface area contributed by atoms with Crippen LogP contribution < -0.4 is 5.73 Å². The minimum atomic E-state index is 0.277. The monoisotopic (exact) mass is 203 g/mol. The van der Waals surface area contributed by atoms with Gasteiger partial charge in [-0.05, 0) is 42.4 Å². The van der Waals surface area contributed by atoms with Crippen molar-refractivity contribution in [2.45, 2.75) is 51.5 Å². The van der Waals surface area contributed by atoms with Gasteiger partial charge in [-0.15, -0.1) is 0 Å². The van der Waals surface area contributed by atoms with Gasteiger partial charge in [0, 0.05) is 6.04 Å². The number of hydrogen-bond donors (Lipinski definition) is 1. The molecule has 0 spiro atoms. The molecule has 0 aromatic heterocycles. The van der Waals surface area contributed by atoms with E-state index in [0.717, 1.165) is 6.42 Å². The molecule has 2 N–H and O–H groups in total. The van der Waals surface area contributed by atoms with E-state index < -0.39 is 0 Å². The van der Waals surface area contributed by atoms with Crippen molar-refractivity contribution in [3.63, 3.8) is 0 Å². The summed E-state index contributed by atoms with van der Waals surface area (Å²) in [5.41, 5.74) is 10.6. The van der Waals surface area contributed by atoms with Gasteiger partial charge in [-0.3, -0.25) is 0 Å². The maximum atomic E-state index is 6.21. The molecule has 0 amide bonds. The molecule has 0 unspecified atom stereocenters. The van der Waals surface area contributed by atoms with Gasteiger partial charge in [0.25, 0.3) is 0 Å². The molecule has 0 saturated carbocycles. The normalized spacial score (nSPS) is 20.8.